The molecule has 4 fully saturated rings. The van der Waals surface area contributed by atoms with Crippen LogP contribution in [-0.4, -0.2) is 17.9 Å². The average molecular weight is 389 g/mol. The fraction of sp³-hybridized carbons (Fsp3) is 0.920. The van der Waals surface area contributed by atoms with Crippen molar-refractivity contribution in [2.45, 2.75) is 104 Å². The summed E-state index contributed by atoms with van der Waals surface area (Å²) in [6.07, 6.45) is 11.7. The van der Waals surface area contributed by atoms with Crippen LogP contribution in [0.15, 0.2) is 0 Å². The van der Waals surface area contributed by atoms with Gasteiger partial charge < -0.3 is 4.74 Å². The zero-order valence-corrected chi connectivity index (χ0v) is 18.5. The Morgan fingerprint density at radius 1 is 1.07 bits per heavy atom. The van der Waals surface area contributed by atoms with E-state index >= 15 is 0 Å². The molecule has 4 saturated carbocycles. The highest BCUT2D eigenvalue weighted by Crippen LogP contribution is 2.65. The van der Waals surface area contributed by atoms with E-state index in [9.17, 15) is 9.59 Å². The molecule has 0 amide bonds. The molecule has 4 aliphatic carbocycles. The lowest BCUT2D eigenvalue weighted by molar-refractivity contribution is -0.162. The van der Waals surface area contributed by atoms with Gasteiger partial charge in [-0.15, -0.1) is 0 Å². The Kier molecular flexibility index (Phi) is 5.42. The summed E-state index contributed by atoms with van der Waals surface area (Å²) in [5.41, 5.74) is 0.365. The number of carbonyl (C=O) groups is 2. The van der Waals surface area contributed by atoms with Crippen molar-refractivity contribution in [3.63, 3.8) is 0 Å². The fourth-order valence-electron chi connectivity index (χ4n) is 7.75. The fourth-order valence-corrected chi connectivity index (χ4v) is 7.75. The predicted molar refractivity (Wildman–Crippen MR) is 111 cm³/mol. The van der Waals surface area contributed by atoms with Crippen LogP contribution in [0.25, 0.3) is 0 Å². The van der Waals surface area contributed by atoms with Crippen molar-refractivity contribution >= 4 is 11.8 Å². The van der Waals surface area contributed by atoms with Gasteiger partial charge in [0, 0.05) is 18.3 Å². The van der Waals surface area contributed by atoms with Crippen LogP contribution in [0.3, 0.4) is 0 Å². The number of ketones is 1. The maximum Gasteiger partial charge on any atom is 0.306 e. The van der Waals surface area contributed by atoms with E-state index in [1.54, 1.807) is 0 Å². The molecule has 0 aromatic carbocycles. The number of esters is 1. The molecular formula is C25H40O3. The topological polar surface area (TPSA) is 43.4 Å². The van der Waals surface area contributed by atoms with E-state index in [1.165, 1.54) is 25.7 Å². The van der Waals surface area contributed by atoms with Crippen molar-refractivity contribution in [3.8, 4) is 0 Å². The molecule has 3 nitrogen and oxygen atoms in total. The van der Waals surface area contributed by atoms with Crippen molar-refractivity contribution in [3.05, 3.63) is 0 Å². The maximum absolute atomic E-state index is 12.6. The van der Waals surface area contributed by atoms with Gasteiger partial charge in [0.1, 0.15) is 11.9 Å². The number of hydrogen-bond acceptors (Lipinski definition) is 3. The largest absolute Gasteiger partial charge is 0.462 e. The molecule has 0 bridgehead atoms. The lowest BCUT2D eigenvalue weighted by Crippen LogP contribution is -2.54. The lowest BCUT2D eigenvalue weighted by atomic mass is 9.45. The van der Waals surface area contributed by atoms with Crippen molar-refractivity contribution in [1.29, 1.82) is 0 Å². The number of fused-ring (bicyclic) bond motifs is 5. The first-order valence-corrected chi connectivity index (χ1v) is 12.0. The third-order valence-electron chi connectivity index (χ3n) is 9.55. The van der Waals surface area contributed by atoms with Gasteiger partial charge in [0.2, 0.25) is 0 Å². The quantitative estimate of drug-likeness (QED) is 0.559. The van der Waals surface area contributed by atoms with Gasteiger partial charge in [-0.05, 0) is 92.8 Å². The van der Waals surface area contributed by atoms with Crippen LogP contribution in [-0.2, 0) is 14.3 Å². The molecule has 7 atom stereocenters. The Balaban J connectivity index is 1.41. The highest BCUT2D eigenvalue weighted by atomic mass is 16.5. The molecule has 28 heavy (non-hydrogen) atoms. The second kappa shape index (κ2) is 7.43. The zero-order valence-electron chi connectivity index (χ0n) is 18.5. The SMILES string of the molecule is CC(C)CCC(=O)O[C@H]1CC[C@@]2(C)[C@@H](CC[C@@H]3[C@@H]2CC[C@]2(C)C(=O)CC[C@@H]32)C1. The van der Waals surface area contributed by atoms with Gasteiger partial charge in [-0.1, -0.05) is 27.7 Å². The summed E-state index contributed by atoms with van der Waals surface area (Å²) in [7, 11) is 0. The predicted octanol–water partition coefficient (Wildman–Crippen LogP) is 5.95. The maximum atomic E-state index is 12.6. The molecular weight excluding hydrogens is 348 g/mol. The zero-order chi connectivity index (χ0) is 20.1. The van der Waals surface area contributed by atoms with Crippen LogP contribution < -0.4 is 0 Å². The molecule has 0 heterocycles. The van der Waals surface area contributed by atoms with Crippen molar-refractivity contribution < 1.29 is 14.3 Å². The van der Waals surface area contributed by atoms with Gasteiger partial charge >= 0.3 is 5.97 Å². The van der Waals surface area contributed by atoms with Crippen LogP contribution in [0.5, 0.6) is 0 Å². The number of ether oxygens (including phenoxy) is 1. The molecule has 158 valence electrons. The molecule has 4 rings (SSSR count). The highest BCUT2D eigenvalue weighted by Gasteiger charge is 2.60. The summed E-state index contributed by atoms with van der Waals surface area (Å²) >= 11 is 0. The molecule has 0 radical (unpaired) electrons. The van der Waals surface area contributed by atoms with Crippen LogP contribution >= 0.6 is 0 Å². The van der Waals surface area contributed by atoms with E-state index < -0.39 is 0 Å². The van der Waals surface area contributed by atoms with Gasteiger partial charge in [0.15, 0.2) is 0 Å². The molecule has 3 heteroatoms. The van der Waals surface area contributed by atoms with E-state index in [1.807, 2.05) is 0 Å². The molecule has 0 unspecified atom stereocenters. The van der Waals surface area contributed by atoms with Crippen LogP contribution in [0, 0.1) is 40.4 Å². The van der Waals surface area contributed by atoms with Gasteiger partial charge in [0.25, 0.3) is 0 Å². The summed E-state index contributed by atoms with van der Waals surface area (Å²) in [6.45, 7) is 9.12. The Bertz CT molecular complexity index is 625. The smallest absolute Gasteiger partial charge is 0.306 e. The van der Waals surface area contributed by atoms with Crippen molar-refractivity contribution in [2.24, 2.45) is 40.4 Å². The van der Waals surface area contributed by atoms with Crippen molar-refractivity contribution in [2.75, 3.05) is 0 Å². The number of hydrogen-bond donors (Lipinski definition) is 0. The van der Waals surface area contributed by atoms with E-state index in [-0.39, 0.29) is 17.5 Å². The van der Waals surface area contributed by atoms with Crippen LogP contribution in [0.1, 0.15) is 98.3 Å². The summed E-state index contributed by atoms with van der Waals surface area (Å²) < 4.78 is 5.89. The molecule has 0 spiro atoms. The molecule has 4 aliphatic rings. The first-order valence-electron chi connectivity index (χ1n) is 12.0. The summed E-state index contributed by atoms with van der Waals surface area (Å²) in [6, 6.07) is 0. The van der Waals surface area contributed by atoms with Gasteiger partial charge in [-0.2, -0.15) is 0 Å². The minimum absolute atomic E-state index is 0.00823. The molecule has 0 saturated heterocycles. The number of carbonyl (C=O) groups excluding carboxylic acids is 2. The third kappa shape index (κ3) is 3.35. The number of Topliss-reactive ketones (excluding diaryl/α,β-unsaturated/α-hetero) is 1. The van der Waals surface area contributed by atoms with E-state index in [0.29, 0.717) is 35.4 Å². The Hall–Kier alpha value is -0.860. The second-order valence-electron chi connectivity index (χ2n) is 11.4. The lowest BCUT2D eigenvalue weighted by Gasteiger charge is -2.60. The van der Waals surface area contributed by atoms with E-state index in [2.05, 4.69) is 27.7 Å². The summed E-state index contributed by atoms with van der Waals surface area (Å²) in [5.74, 6) is 3.94. The standard InChI is InChI=1S/C25H40O3/c1-16(2)5-10-23(27)28-18-11-13-24(3)17(15-18)6-7-19-20-8-9-22(26)25(20,4)14-12-21(19)24/h16-21H,5-15H2,1-4H3/t17-,18-,19-,20-,21-,24-,25-/m0/s1. The van der Waals surface area contributed by atoms with Gasteiger partial charge in [-0.3, -0.25) is 9.59 Å². The summed E-state index contributed by atoms with van der Waals surface area (Å²) in [5, 5.41) is 0. The monoisotopic (exact) mass is 388 g/mol. The second-order valence-corrected chi connectivity index (χ2v) is 11.4. The first-order chi connectivity index (χ1) is 13.2. The van der Waals surface area contributed by atoms with E-state index in [4.69, 9.17) is 4.74 Å². The minimum atomic E-state index is -0.0203. The Morgan fingerprint density at radius 2 is 1.86 bits per heavy atom. The minimum Gasteiger partial charge on any atom is -0.462 e. The molecule has 0 aliphatic heterocycles. The normalized spacial score (nSPS) is 45.3. The van der Waals surface area contributed by atoms with E-state index in [0.717, 1.165) is 50.4 Å². The highest BCUT2D eigenvalue weighted by molar-refractivity contribution is 5.87. The summed E-state index contributed by atoms with van der Waals surface area (Å²) in [4.78, 5) is 24.8. The third-order valence-corrected chi connectivity index (χ3v) is 9.55. The van der Waals surface area contributed by atoms with Crippen molar-refractivity contribution in [1.82, 2.24) is 0 Å². The Morgan fingerprint density at radius 3 is 2.61 bits per heavy atom. The van der Waals surface area contributed by atoms with Gasteiger partial charge in [-0.25, -0.2) is 0 Å². The van der Waals surface area contributed by atoms with Crippen LogP contribution in [0.2, 0.25) is 0 Å². The van der Waals surface area contributed by atoms with Gasteiger partial charge in [0.05, 0.1) is 0 Å². The number of rotatable bonds is 4. The molecule has 0 aromatic heterocycles. The molecule has 0 aromatic rings. The first kappa shape index (κ1) is 20.4. The van der Waals surface area contributed by atoms with Crippen LogP contribution in [0.4, 0.5) is 0 Å². The molecule has 0 N–H and O–H groups in total. The average Bonchev–Trinajstić information content (AvgIpc) is 2.95. The Labute approximate surface area is 171 Å².